The third-order valence-corrected chi connectivity index (χ3v) is 6.32. The number of hydrogen-bond donors (Lipinski definition) is 2. The maximum atomic E-state index is 12.5. The second-order valence-electron chi connectivity index (χ2n) is 6.15. The van der Waals surface area contributed by atoms with Gasteiger partial charge in [0.2, 0.25) is 5.91 Å². The van der Waals surface area contributed by atoms with Crippen LogP contribution < -0.4 is 10.6 Å². The highest BCUT2D eigenvalue weighted by molar-refractivity contribution is 8.00. The topological polar surface area (TPSA) is 71.1 Å². The lowest BCUT2D eigenvalue weighted by atomic mass is 10.2. The van der Waals surface area contributed by atoms with Crippen LogP contribution in [0.1, 0.15) is 23.0 Å². The minimum Gasteiger partial charge on any atom is -0.322 e. The molecule has 0 bridgehead atoms. The molecule has 1 heterocycles. The van der Waals surface area contributed by atoms with E-state index >= 15 is 0 Å². The molecule has 2 N–H and O–H groups in total. The molecule has 2 aromatic carbocycles. The van der Waals surface area contributed by atoms with Crippen molar-refractivity contribution in [2.45, 2.75) is 24.0 Å². The first kappa shape index (κ1) is 21.6. The van der Waals surface area contributed by atoms with Crippen molar-refractivity contribution in [2.24, 2.45) is 0 Å². The number of nitrogens with zero attached hydrogens (tertiary/aromatic N) is 1. The second-order valence-corrected chi connectivity index (χ2v) is 9.27. The van der Waals surface area contributed by atoms with Gasteiger partial charge >= 0.3 is 0 Å². The Kier molecular flexibility index (Phi) is 7.18. The van der Waals surface area contributed by atoms with Gasteiger partial charge in [0.05, 0.1) is 21.5 Å². The van der Waals surface area contributed by atoms with Gasteiger partial charge in [-0.05, 0) is 50.2 Å². The second kappa shape index (κ2) is 9.63. The van der Waals surface area contributed by atoms with Crippen LogP contribution >= 0.6 is 46.3 Å². The molecule has 0 aliphatic rings. The van der Waals surface area contributed by atoms with Crippen LogP contribution in [0.25, 0.3) is 0 Å². The molecule has 0 saturated carbocycles. The van der Waals surface area contributed by atoms with Gasteiger partial charge in [0.25, 0.3) is 5.91 Å². The van der Waals surface area contributed by atoms with E-state index in [1.807, 2.05) is 37.4 Å². The maximum absolute atomic E-state index is 12.5. The first-order chi connectivity index (χ1) is 13.8. The number of rotatable bonds is 6. The van der Waals surface area contributed by atoms with Crippen molar-refractivity contribution in [1.82, 2.24) is 4.98 Å². The molecule has 0 aliphatic heterocycles. The molecule has 2 amide bonds. The van der Waals surface area contributed by atoms with Gasteiger partial charge in [-0.1, -0.05) is 29.3 Å². The first-order valence-corrected chi connectivity index (χ1v) is 11.1. The summed E-state index contributed by atoms with van der Waals surface area (Å²) < 4.78 is 0. The van der Waals surface area contributed by atoms with Crippen molar-refractivity contribution in [1.29, 1.82) is 0 Å². The predicted molar refractivity (Wildman–Crippen MR) is 122 cm³/mol. The minimum absolute atomic E-state index is 0.133. The molecule has 0 aliphatic carbocycles. The summed E-state index contributed by atoms with van der Waals surface area (Å²) in [5.41, 5.74) is 1.81. The average Bonchev–Trinajstić information content (AvgIpc) is 3.06. The van der Waals surface area contributed by atoms with Gasteiger partial charge in [0.15, 0.2) is 5.13 Å². The molecule has 0 radical (unpaired) electrons. The van der Waals surface area contributed by atoms with Crippen molar-refractivity contribution >= 4 is 68.9 Å². The molecule has 0 saturated heterocycles. The minimum atomic E-state index is -0.337. The smallest absolute Gasteiger partial charge is 0.257 e. The van der Waals surface area contributed by atoms with Gasteiger partial charge < -0.3 is 10.6 Å². The van der Waals surface area contributed by atoms with Crippen molar-refractivity contribution in [3.63, 3.8) is 0 Å². The van der Waals surface area contributed by atoms with E-state index in [0.717, 1.165) is 10.6 Å². The largest absolute Gasteiger partial charge is 0.322 e. The SMILES string of the molecule is Cc1csc(NC(=O)C(C)Sc2cccc(NC(=O)c3ccc(Cl)cc3Cl)c2)n1. The van der Waals surface area contributed by atoms with Crippen molar-refractivity contribution in [3.05, 3.63) is 69.1 Å². The molecule has 150 valence electrons. The fraction of sp³-hybridized carbons (Fsp3) is 0.150. The van der Waals surface area contributed by atoms with E-state index in [4.69, 9.17) is 23.2 Å². The Hall–Kier alpha value is -2.06. The van der Waals surface area contributed by atoms with Gasteiger partial charge in [-0.2, -0.15) is 0 Å². The summed E-state index contributed by atoms with van der Waals surface area (Å²) in [6, 6.07) is 12.0. The molecule has 1 atom stereocenters. The normalized spacial score (nSPS) is 11.7. The molecule has 0 spiro atoms. The summed E-state index contributed by atoms with van der Waals surface area (Å²) in [4.78, 5) is 29.9. The Labute approximate surface area is 186 Å². The highest BCUT2D eigenvalue weighted by Crippen LogP contribution is 2.28. The van der Waals surface area contributed by atoms with E-state index in [9.17, 15) is 9.59 Å². The zero-order valence-corrected chi connectivity index (χ0v) is 18.7. The van der Waals surface area contributed by atoms with Gasteiger partial charge in [-0.25, -0.2) is 4.98 Å². The Morgan fingerprint density at radius 1 is 1.14 bits per heavy atom. The number of carbonyl (C=O) groups is 2. The van der Waals surface area contributed by atoms with E-state index in [1.54, 1.807) is 18.2 Å². The Morgan fingerprint density at radius 2 is 1.93 bits per heavy atom. The maximum Gasteiger partial charge on any atom is 0.257 e. The molecule has 29 heavy (non-hydrogen) atoms. The van der Waals surface area contributed by atoms with Crippen LogP contribution in [0.2, 0.25) is 10.0 Å². The third-order valence-electron chi connectivity index (χ3n) is 3.80. The zero-order valence-electron chi connectivity index (χ0n) is 15.5. The summed E-state index contributed by atoms with van der Waals surface area (Å²) in [5.74, 6) is -0.467. The number of thiazole rings is 1. The van der Waals surface area contributed by atoms with Crippen molar-refractivity contribution in [2.75, 3.05) is 10.6 Å². The number of thioether (sulfide) groups is 1. The first-order valence-electron chi connectivity index (χ1n) is 8.58. The van der Waals surface area contributed by atoms with Gasteiger partial charge in [0, 0.05) is 21.0 Å². The Bertz CT molecular complexity index is 1060. The Morgan fingerprint density at radius 3 is 2.62 bits per heavy atom. The Balaban J connectivity index is 1.64. The third kappa shape index (κ3) is 5.96. The number of halogens is 2. The van der Waals surface area contributed by atoms with Crippen molar-refractivity contribution in [3.8, 4) is 0 Å². The van der Waals surface area contributed by atoms with Gasteiger partial charge in [0.1, 0.15) is 0 Å². The van der Waals surface area contributed by atoms with E-state index in [2.05, 4.69) is 15.6 Å². The molecule has 0 fully saturated rings. The molecule has 3 aromatic rings. The van der Waals surface area contributed by atoms with Crippen LogP contribution in [0.15, 0.2) is 52.7 Å². The van der Waals surface area contributed by atoms with Crippen LogP contribution in [0.5, 0.6) is 0 Å². The highest BCUT2D eigenvalue weighted by atomic mass is 35.5. The number of aromatic nitrogens is 1. The number of nitrogens with one attached hydrogen (secondary N) is 2. The number of amides is 2. The molecule has 1 aromatic heterocycles. The van der Waals surface area contributed by atoms with Gasteiger partial charge in [-0.3, -0.25) is 9.59 Å². The lowest BCUT2D eigenvalue weighted by molar-refractivity contribution is -0.115. The molecule has 5 nitrogen and oxygen atoms in total. The molecule has 9 heteroatoms. The van der Waals surface area contributed by atoms with Crippen LogP contribution in [-0.2, 0) is 4.79 Å². The van der Waals surface area contributed by atoms with E-state index in [-0.39, 0.29) is 22.1 Å². The van der Waals surface area contributed by atoms with E-state index in [1.165, 1.54) is 29.2 Å². The lowest BCUT2D eigenvalue weighted by Crippen LogP contribution is -2.22. The standard InChI is InChI=1S/C20H17Cl2N3O2S2/c1-11-10-28-20(23-11)25-18(26)12(2)29-15-5-3-4-14(9-15)24-19(27)16-7-6-13(21)8-17(16)22/h3-10,12H,1-2H3,(H,24,27)(H,23,25,26). The highest BCUT2D eigenvalue weighted by Gasteiger charge is 2.17. The zero-order chi connectivity index (χ0) is 21.0. The van der Waals surface area contributed by atoms with Crippen molar-refractivity contribution < 1.29 is 9.59 Å². The summed E-state index contributed by atoms with van der Waals surface area (Å²) >= 11 is 14.8. The molecule has 3 rings (SSSR count). The number of hydrogen-bond acceptors (Lipinski definition) is 5. The summed E-state index contributed by atoms with van der Waals surface area (Å²) in [6.45, 7) is 3.69. The van der Waals surface area contributed by atoms with Crippen LogP contribution in [0, 0.1) is 6.92 Å². The molecular formula is C20H17Cl2N3O2S2. The number of aryl methyl sites for hydroxylation is 1. The van der Waals surface area contributed by atoms with E-state index < -0.39 is 0 Å². The monoisotopic (exact) mass is 465 g/mol. The van der Waals surface area contributed by atoms with Crippen LogP contribution in [0.3, 0.4) is 0 Å². The predicted octanol–water partition coefficient (Wildman–Crippen LogP) is 6.13. The molecular weight excluding hydrogens is 449 g/mol. The lowest BCUT2D eigenvalue weighted by Gasteiger charge is -2.12. The number of carbonyl (C=O) groups excluding carboxylic acids is 2. The summed E-state index contributed by atoms with van der Waals surface area (Å²) in [7, 11) is 0. The summed E-state index contributed by atoms with van der Waals surface area (Å²) in [5, 5.41) is 8.50. The quantitative estimate of drug-likeness (QED) is 0.429. The summed E-state index contributed by atoms with van der Waals surface area (Å²) in [6.07, 6.45) is 0. The number of anilines is 2. The van der Waals surface area contributed by atoms with Crippen LogP contribution in [0.4, 0.5) is 10.8 Å². The van der Waals surface area contributed by atoms with Crippen LogP contribution in [-0.4, -0.2) is 22.0 Å². The average molecular weight is 466 g/mol. The fourth-order valence-electron chi connectivity index (χ4n) is 2.40. The van der Waals surface area contributed by atoms with Gasteiger partial charge in [-0.15, -0.1) is 23.1 Å². The fourth-order valence-corrected chi connectivity index (χ4v) is 4.51. The number of benzene rings is 2. The van der Waals surface area contributed by atoms with E-state index in [0.29, 0.717) is 21.4 Å². The molecule has 1 unspecified atom stereocenters.